The molecular formula is C17H16ClNO2S. The van der Waals surface area contributed by atoms with Gasteiger partial charge in [0.15, 0.2) is 0 Å². The number of aromatic amines is 1. The predicted octanol–water partition coefficient (Wildman–Crippen LogP) is 5.62. The number of aromatic carboxylic acids is 1. The summed E-state index contributed by atoms with van der Waals surface area (Å²) in [6, 6.07) is 13.2. The molecule has 0 aliphatic rings. The Hall–Kier alpha value is -1.91. The minimum Gasteiger partial charge on any atom is -0.477 e. The van der Waals surface area contributed by atoms with E-state index >= 15 is 0 Å². The molecule has 2 aromatic carbocycles. The molecule has 3 rings (SSSR count). The smallest absolute Gasteiger partial charge is 0.353 e. The number of nitrogens with one attached hydrogen (secondary N) is 1. The Morgan fingerprint density at radius 3 is 2.50 bits per heavy atom. The van der Waals surface area contributed by atoms with Crippen molar-refractivity contribution in [2.24, 2.45) is 0 Å². The maximum Gasteiger partial charge on any atom is 0.353 e. The summed E-state index contributed by atoms with van der Waals surface area (Å²) in [5.74, 6) is -0.958. The second kappa shape index (κ2) is 6.46. The Morgan fingerprint density at radius 2 is 1.86 bits per heavy atom. The number of carboxylic acid groups (broad SMARTS) is 1. The lowest BCUT2D eigenvalue weighted by atomic mass is 10.2. The largest absolute Gasteiger partial charge is 0.477 e. The normalized spacial score (nSPS) is 10.5. The molecule has 0 aliphatic carbocycles. The number of carboxylic acids is 1. The SMILES string of the molecule is C.Cc1ccc2c(Sc3ccc(Cl)cc3)c(C(=O)O)[nH]c2c1. The molecule has 0 aliphatic heterocycles. The van der Waals surface area contributed by atoms with Gasteiger partial charge >= 0.3 is 5.97 Å². The molecular weight excluding hydrogens is 318 g/mol. The van der Waals surface area contributed by atoms with E-state index in [1.165, 1.54) is 11.8 Å². The summed E-state index contributed by atoms with van der Waals surface area (Å²) in [5, 5.41) is 11.0. The van der Waals surface area contributed by atoms with Crippen molar-refractivity contribution in [2.75, 3.05) is 0 Å². The first kappa shape index (κ1) is 16.5. The Labute approximate surface area is 138 Å². The minimum atomic E-state index is -0.958. The summed E-state index contributed by atoms with van der Waals surface area (Å²) in [6.45, 7) is 1.98. The van der Waals surface area contributed by atoms with Crippen molar-refractivity contribution in [1.82, 2.24) is 4.98 Å². The average Bonchev–Trinajstić information content (AvgIpc) is 2.79. The van der Waals surface area contributed by atoms with Crippen molar-refractivity contribution in [3.63, 3.8) is 0 Å². The molecule has 0 bridgehead atoms. The van der Waals surface area contributed by atoms with Gasteiger partial charge in [-0.3, -0.25) is 0 Å². The first-order valence-electron chi connectivity index (χ1n) is 6.33. The first-order chi connectivity index (χ1) is 10.0. The molecule has 0 amide bonds. The highest BCUT2D eigenvalue weighted by molar-refractivity contribution is 7.99. The maximum absolute atomic E-state index is 11.5. The molecule has 0 unspecified atom stereocenters. The van der Waals surface area contributed by atoms with Gasteiger partial charge in [0.05, 0.1) is 4.90 Å². The van der Waals surface area contributed by atoms with E-state index in [9.17, 15) is 9.90 Å². The summed E-state index contributed by atoms with van der Waals surface area (Å²) in [4.78, 5) is 16.1. The Kier molecular flexibility index (Phi) is 4.84. The number of aryl methyl sites for hydroxylation is 1. The molecule has 5 heteroatoms. The van der Waals surface area contributed by atoms with Crippen LogP contribution in [0.5, 0.6) is 0 Å². The van der Waals surface area contributed by atoms with E-state index in [0.717, 1.165) is 26.3 Å². The van der Waals surface area contributed by atoms with Crippen molar-refractivity contribution < 1.29 is 9.90 Å². The summed E-state index contributed by atoms with van der Waals surface area (Å²) in [7, 11) is 0. The van der Waals surface area contributed by atoms with Crippen LogP contribution in [-0.2, 0) is 0 Å². The van der Waals surface area contributed by atoms with Gasteiger partial charge in [0.25, 0.3) is 0 Å². The lowest BCUT2D eigenvalue weighted by Crippen LogP contribution is -1.97. The molecule has 2 N–H and O–H groups in total. The topological polar surface area (TPSA) is 53.1 Å². The van der Waals surface area contributed by atoms with Gasteiger partial charge in [0.1, 0.15) is 5.69 Å². The van der Waals surface area contributed by atoms with Crippen molar-refractivity contribution in [1.29, 1.82) is 0 Å². The molecule has 22 heavy (non-hydrogen) atoms. The van der Waals surface area contributed by atoms with Crippen molar-refractivity contribution in [3.8, 4) is 0 Å². The van der Waals surface area contributed by atoms with Crippen LogP contribution in [0.2, 0.25) is 5.02 Å². The monoisotopic (exact) mass is 333 g/mol. The Morgan fingerprint density at radius 1 is 1.18 bits per heavy atom. The second-order valence-corrected chi connectivity index (χ2v) is 6.26. The van der Waals surface area contributed by atoms with E-state index in [2.05, 4.69) is 4.98 Å². The lowest BCUT2D eigenvalue weighted by Gasteiger charge is -2.02. The lowest BCUT2D eigenvalue weighted by molar-refractivity contribution is 0.0688. The van der Waals surface area contributed by atoms with Crippen LogP contribution in [-0.4, -0.2) is 16.1 Å². The van der Waals surface area contributed by atoms with Crippen LogP contribution in [0, 0.1) is 6.92 Å². The molecule has 0 saturated carbocycles. The fourth-order valence-electron chi connectivity index (χ4n) is 2.16. The van der Waals surface area contributed by atoms with Gasteiger partial charge in [-0.25, -0.2) is 4.79 Å². The molecule has 3 aromatic rings. The summed E-state index contributed by atoms with van der Waals surface area (Å²) < 4.78 is 0. The van der Waals surface area contributed by atoms with Gasteiger partial charge in [-0.05, 0) is 42.8 Å². The number of carbonyl (C=O) groups is 1. The number of hydrogen-bond donors (Lipinski definition) is 2. The van der Waals surface area contributed by atoms with Gasteiger partial charge in [-0.2, -0.15) is 0 Å². The number of halogens is 1. The van der Waals surface area contributed by atoms with E-state index in [1.54, 1.807) is 12.1 Å². The zero-order valence-corrected chi connectivity index (χ0v) is 12.8. The molecule has 1 heterocycles. The molecule has 0 atom stereocenters. The van der Waals surface area contributed by atoms with Crippen molar-refractivity contribution in [2.45, 2.75) is 24.1 Å². The van der Waals surface area contributed by atoms with Gasteiger partial charge in [0, 0.05) is 20.8 Å². The van der Waals surface area contributed by atoms with Crippen LogP contribution in [0.1, 0.15) is 23.5 Å². The van der Waals surface area contributed by atoms with E-state index in [4.69, 9.17) is 11.6 Å². The van der Waals surface area contributed by atoms with Crippen molar-refractivity contribution >= 4 is 40.2 Å². The van der Waals surface area contributed by atoms with E-state index in [0.29, 0.717) is 5.02 Å². The van der Waals surface area contributed by atoms with Crippen LogP contribution in [0.4, 0.5) is 0 Å². The minimum absolute atomic E-state index is 0. The second-order valence-electron chi connectivity index (χ2n) is 4.74. The zero-order chi connectivity index (χ0) is 15.0. The molecule has 3 nitrogen and oxygen atoms in total. The molecule has 114 valence electrons. The predicted molar refractivity (Wildman–Crippen MR) is 92.3 cm³/mol. The fraction of sp³-hybridized carbons (Fsp3) is 0.118. The van der Waals surface area contributed by atoms with E-state index < -0.39 is 5.97 Å². The zero-order valence-electron chi connectivity index (χ0n) is 11.2. The number of H-pyrrole nitrogens is 1. The number of aromatic nitrogens is 1. The highest BCUT2D eigenvalue weighted by atomic mass is 35.5. The fourth-order valence-corrected chi connectivity index (χ4v) is 3.32. The summed E-state index contributed by atoms with van der Waals surface area (Å²) in [6.07, 6.45) is 0. The molecule has 0 spiro atoms. The third-order valence-corrected chi connectivity index (χ3v) is 4.54. The Bertz CT molecular complexity index is 825. The maximum atomic E-state index is 11.5. The molecule has 0 fully saturated rings. The van der Waals surface area contributed by atoms with Crippen molar-refractivity contribution in [3.05, 3.63) is 58.7 Å². The molecule has 0 radical (unpaired) electrons. The van der Waals surface area contributed by atoms with Crippen LogP contribution >= 0.6 is 23.4 Å². The molecule has 0 saturated heterocycles. The Balaban J connectivity index is 0.00000176. The summed E-state index contributed by atoms with van der Waals surface area (Å²) >= 11 is 7.30. The van der Waals surface area contributed by atoms with Gasteiger partial charge in [0.2, 0.25) is 0 Å². The van der Waals surface area contributed by atoms with Crippen LogP contribution in [0.3, 0.4) is 0 Å². The van der Waals surface area contributed by atoms with E-state index in [-0.39, 0.29) is 13.1 Å². The third-order valence-electron chi connectivity index (χ3n) is 3.15. The molecule has 1 aromatic heterocycles. The number of hydrogen-bond acceptors (Lipinski definition) is 2. The van der Waals surface area contributed by atoms with Gasteiger partial charge in [-0.1, -0.05) is 42.9 Å². The number of benzene rings is 2. The van der Waals surface area contributed by atoms with Crippen LogP contribution < -0.4 is 0 Å². The summed E-state index contributed by atoms with van der Waals surface area (Å²) in [5.41, 5.74) is 2.14. The first-order valence-corrected chi connectivity index (χ1v) is 7.53. The highest BCUT2D eigenvalue weighted by Crippen LogP contribution is 2.37. The highest BCUT2D eigenvalue weighted by Gasteiger charge is 2.18. The van der Waals surface area contributed by atoms with Crippen LogP contribution in [0.15, 0.2) is 52.3 Å². The van der Waals surface area contributed by atoms with Gasteiger partial charge < -0.3 is 10.1 Å². The average molecular weight is 334 g/mol. The van der Waals surface area contributed by atoms with Gasteiger partial charge in [-0.15, -0.1) is 0 Å². The number of fused-ring (bicyclic) bond motifs is 1. The quantitative estimate of drug-likeness (QED) is 0.654. The standard InChI is InChI=1S/C16H12ClNO2S.CH4/c1-9-2-7-12-13(8-9)18-14(16(19)20)15(12)21-11-5-3-10(17)4-6-11;/h2-8,18H,1H3,(H,19,20);1H4. The number of rotatable bonds is 3. The third kappa shape index (κ3) is 3.13. The van der Waals surface area contributed by atoms with Crippen LogP contribution in [0.25, 0.3) is 10.9 Å². The van der Waals surface area contributed by atoms with E-state index in [1.807, 2.05) is 37.3 Å².